The maximum atomic E-state index is 13.9. The van der Waals surface area contributed by atoms with E-state index in [0.29, 0.717) is 40.0 Å². The predicted octanol–water partition coefficient (Wildman–Crippen LogP) is 3.14. The molecule has 2 heterocycles. The molecule has 0 atom stereocenters. The number of amides is 1. The van der Waals surface area contributed by atoms with Crippen LogP contribution in [0.3, 0.4) is 0 Å². The number of halogens is 2. The van der Waals surface area contributed by atoms with E-state index in [-0.39, 0.29) is 11.4 Å². The molecule has 10 heteroatoms. The van der Waals surface area contributed by atoms with Crippen molar-refractivity contribution in [3.8, 4) is 11.5 Å². The molecule has 0 aliphatic carbocycles. The predicted molar refractivity (Wildman–Crippen MR) is 120 cm³/mol. The van der Waals surface area contributed by atoms with E-state index < -0.39 is 11.6 Å². The van der Waals surface area contributed by atoms with Crippen LogP contribution in [-0.4, -0.2) is 69.3 Å². The summed E-state index contributed by atoms with van der Waals surface area (Å²) in [5.74, 6) is -0.318. The molecule has 0 unspecified atom stereocenters. The number of anilines is 1. The van der Waals surface area contributed by atoms with Crippen LogP contribution in [0, 0.1) is 11.6 Å². The number of fused-ring (bicyclic) bond motifs is 1. The SMILES string of the molecule is COc1ccc(C(=O)NCCN2CCN(c3nc4c(F)cc(F)cc4s3)CC2)cc1OC. The van der Waals surface area contributed by atoms with Gasteiger partial charge in [-0.05, 0) is 24.3 Å². The molecule has 4 rings (SSSR count). The van der Waals surface area contributed by atoms with Crippen LogP contribution in [0.4, 0.5) is 13.9 Å². The van der Waals surface area contributed by atoms with Crippen LogP contribution in [0.25, 0.3) is 10.2 Å². The van der Waals surface area contributed by atoms with Gasteiger partial charge in [-0.1, -0.05) is 11.3 Å². The van der Waals surface area contributed by atoms with Crippen LogP contribution in [0.1, 0.15) is 10.4 Å². The van der Waals surface area contributed by atoms with E-state index in [1.165, 1.54) is 24.5 Å². The maximum Gasteiger partial charge on any atom is 0.251 e. The van der Waals surface area contributed by atoms with Crippen LogP contribution < -0.4 is 19.7 Å². The lowest BCUT2D eigenvalue weighted by Crippen LogP contribution is -2.48. The Morgan fingerprint density at radius 1 is 1.09 bits per heavy atom. The van der Waals surface area contributed by atoms with Crippen molar-refractivity contribution >= 4 is 32.6 Å². The summed E-state index contributed by atoms with van der Waals surface area (Å²) in [6, 6.07) is 7.23. The molecule has 170 valence electrons. The Bertz CT molecular complexity index is 1120. The minimum atomic E-state index is -0.633. The summed E-state index contributed by atoms with van der Waals surface area (Å²) in [6.45, 7) is 4.27. The molecule has 1 amide bonds. The summed E-state index contributed by atoms with van der Waals surface area (Å²) in [4.78, 5) is 21.1. The summed E-state index contributed by atoms with van der Waals surface area (Å²) >= 11 is 1.30. The van der Waals surface area contributed by atoms with E-state index in [1.807, 2.05) is 0 Å². The second-order valence-electron chi connectivity index (χ2n) is 7.39. The minimum Gasteiger partial charge on any atom is -0.493 e. The van der Waals surface area contributed by atoms with Gasteiger partial charge in [0.1, 0.15) is 11.3 Å². The molecular formula is C22H24F2N4O3S. The third kappa shape index (κ3) is 4.76. The van der Waals surface area contributed by atoms with Crippen LogP contribution in [0.2, 0.25) is 0 Å². The first-order valence-corrected chi connectivity index (χ1v) is 11.0. The van der Waals surface area contributed by atoms with Gasteiger partial charge in [0.25, 0.3) is 5.91 Å². The summed E-state index contributed by atoms with van der Waals surface area (Å²) in [5.41, 5.74) is 0.721. The number of methoxy groups -OCH3 is 2. The number of thiazole rings is 1. The van der Waals surface area contributed by atoms with Crippen molar-refractivity contribution in [1.82, 2.24) is 15.2 Å². The van der Waals surface area contributed by atoms with Gasteiger partial charge in [-0.3, -0.25) is 9.69 Å². The fraction of sp³-hybridized carbons (Fsp3) is 0.364. The molecule has 1 aliphatic rings. The van der Waals surface area contributed by atoms with Gasteiger partial charge in [-0.25, -0.2) is 13.8 Å². The Labute approximate surface area is 188 Å². The zero-order valence-corrected chi connectivity index (χ0v) is 18.7. The molecule has 0 saturated carbocycles. The fourth-order valence-electron chi connectivity index (χ4n) is 3.65. The third-order valence-corrected chi connectivity index (χ3v) is 6.47. The lowest BCUT2D eigenvalue weighted by molar-refractivity contribution is 0.0947. The molecular weight excluding hydrogens is 438 g/mol. The summed E-state index contributed by atoms with van der Waals surface area (Å²) in [6.07, 6.45) is 0. The summed E-state index contributed by atoms with van der Waals surface area (Å²) in [7, 11) is 3.08. The normalized spacial score (nSPS) is 14.6. The average Bonchev–Trinajstić information content (AvgIpc) is 3.23. The van der Waals surface area contributed by atoms with Gasteiger partial charge in [-0.15, -0.1) is 0 Å². The first kappa shape index (κ1) is 22.2. The molecule has 0 bridgehead atoms. The molecule has 0 spiro atoms. The molecule has 1 fully saturated rings. The number of rotatable bonds is 7. The second kappa shape index (κ2) is 9.66. The Morgan fingerprint density at radius 2 is 1.84 bits per heavy atom. The monoisotopic (exact) mass is 462 g/mol. The van der Waals surface area contributed by atoms with E-state index >= 15 is 0 Å². The van der Waals surface area contributed by atoms with E-state index in [1.54, 1.807) is 25.3 Å². The number of benzene rings is 2. The van der Waals surface area contributed by atoms with Crippen LogP contribution in [0.15, 0.2) is 30.3 Å². The Hall–Kier alpha value is -2.98. The highest BCUT2D eigenvalue weighted by Gasteiger charge is 2.21. The maximum absolute atomic E-state index is 13.9. The lowest BCUT2D eigenvalue weighted by Gasteiger charge is -2.34. The topological polar surface area (TPSA) is 66.9 Å². The highest BCUT2D eigenvalue weighted by atomic mass is 32.1. The first-order valence-electron chi connectivity index (χ1n) is 10.2. The zero-order valence-electron chi connectivity index (χ0n) is 17.9. The Morgan fingerprint density at radius 3 is 2.56 bits per heavy atom. The molecule has 3 aromatic rings. The standard InChI is InChI=1S/C22H24F2N4O3S/c1-30-17-4-3-14(11-18(17)31-2)21(29)25-5-6-27-7-9-28(10-8-27)22-26-20-16(24)12-15(23)13-19(20)32-22/h3-4,11-13H,5-10H2,1-2H3,(H,25,29). The molecule has 1 aliphatic heterocycles. The van der Waals surface area contributed by atoms with Crippen molar-refractivity contribution < 1.29 is 23.0 Å². The largest absolute Gasteiger partial charge is 0.493 e. The molecule has 32 heavy (non-hydrogen) atoms. The Kier molecular flexibility index (Phi) is 6.71. The number of nitrogens with one attached hydrogen (secondary N) is 1. The number of aromatic nitrogens is 1. The van der Waals surface area contributed by atoms with Crippen molar-refractivity contribution in [3.63, 3.8) is 0 Å². The smallest absolute Gasteiger partial charge is 0.251 e. The Balaban J connectivity index is 1.27. The van der Waals surface area contributed by atoms with Crippen molar-refractivity contribution in [2.45, 2.75) is 0 Å². The van der Waals surface area contributed by atoms with Gasteiger partial charge >= 0.3 is 0 Å². The van der Waals surface area contributed by atoms with Gasteiger partial charge in [0, 0.05) is 50.9 Å². The number of carbonyl (C=O) groups excluding carboxylic acids is 1. The number of hydrogen-bond donors (Lipinski definition) is 1. The highest BCUT2D eigenvalue weighted by molar-refractivity contribution is 7.22. The van der Waals surface area contributed by atoms with Crippen molar-refractivity contribution in [2.24, 2.45) is 0 Å². The van der Waals surface area contributed by atoms with E-state index in [9.17, 15) is 13.6 Å². The number of ether oxygens (including phenoxy) is 2. The number of carbonyl (C=O) groups is 1. The quantitative estimate of drug-likeness (QED) is 0.582. The lowest BCUT2D eigenvalue weighted by atomic mass is 10.2. The summed E-state index contributed by atoms with van der Waals surface area (Å²) in [5, 5.41) is 3.63. The molecule has 2 aromatic carbocycles. The summed E-state index contributed by atoms with van der Waals surface area (Å²) < 4.78 is 38.3. The number of hydrogen-bond acceptors (Lipinski definition) is 7. The van der Waals surface area contributed by atoms with Crippen molar-refractivity contribution in [3.05, 3.63) is 47.5 Å². The van der Waals surface area contributed by atoms with Gasteiger partial charge in [-0.2, -0.15) is 0 Å². The fourth-order valence-corrected chi connectivity index (χ4v) is 4.71. The molecule has 1 saturated heterocycles. The third-order valence-electron chi connectivity index (χ3n) is 5.40. The number of piperazine rings is 1. The van der Waals surface area contributed by atoms with Crippen LogP contribution >= 0.6 is 11.3 Å². The van der Waals surface area contributed by atoms with E-state index in [4.69, 9.17) is 9.47 Å². The molecule has 1 aromatic heterocycles. The molecule has 7 nitrogen and oxygen atoms in total. The van der Waals surface area contributed by atoms with E-state index in [2.05, 4.69) is 20.1 Å². The van der Waals surface area contributed by atoms with Gasteiger partial charge in [0.2, 0.25) is 0 Å². The van der Waals surface area contributed by atoms with Crippen molar-refractivity contribution in [2.75, 3.05) is 58.4 Å². The van der Waals surface area contributed by atoms with E-state index in [0.717, 1.165) is 32.2 Å². The van der Waals surface area contributed by atoms with Gasteiger partial charge in [0.15, 0.2) is 22.4 Å². The van der Waals surface area contributed by atoms with Gasteiger partial charge < -0.3 is 19.7 Å². The van der Waals surface area contributed by atoms with Crippen LogP contribution in [-0.2, 0) is 0 Å². The first-order chi connectivity index (χ1) is 15.5. The second-order valence-corrected chi connectivity index (χ2v) is 8.39. The van der Waals surface area contributed by atoms with Crippen molar-refractivity contribution in [1.29, 1.82) is 0 Å². The van der Waals surface area contributed by atoms with Crippen LogP contribution in [0.5, 0.6) is 11.5 Å². The minimum absolute atomic E-state index is 0.173. The molecule has 0 radical (unpaired) electrons. The average molecular weight is 463 g/mol. The van der Waals surface area contributed by atoms with Gasteiger partial charge in [0.05, 0.1) is 18.9 Å². The highest BCUT2D eigenvalue weighted by Crippen LogP contribution is 2.31. The number of nitrogens with zero attached hydrogens (tertiary/aromatic N) is 3. The molecule has 1 N–H and O–H groups in total. The zero-order chi connectivity index (χ0) is 22.7.